The van der Waals surface area contributed by atoms with Crippen LogP contribution in [0.15, 0.2) is 94.4 Å². The molecule has 3 aromatic rings. The molecule has 1 aliphatic rings. The van der Waals surface area contributed by atoms with E-state index in [9.17, 15) is 8.42 Å². The average Bonchev–Trinajstić information content (AvgIpc) is 3.21. The molecule has 158 valence electrons. The van der Waals surface area contributed by atoms with E-state index in [0.29, 0.717) is 5.71 Å². The Morgan fingerprint density at radius 2 is 1.61 bits per heavy atom. The molecule has 0 bridgehead atoms. The summed E-state index contributed by atoms with van der Waals surface area (Å²) in [6.45, 7) is 4.31. The van der Waals surface area contributed by atoms with Crippen molar-refractivity contribution in [2.45, 2.75) is 31.6 Å². The van der Waals surface area contributed by atoms with Crippen LogP contribution in [0, 0.1) is 6.92 Å². The molecule has 0 saturated heterocycles. The second kappa shape index (κ2) is 8.90. The number of hydrogen-bond acceptors (Lipinski definition) is 3. The lowest BCUT2D eigenvalue weighted by Gasteiger charge is -2.14. The number of benzene rings is 3. The Balaban J connectivity index is 1.72. The van der Waals surface area contributed by atoms with Gasteiger partial charge in [0.1, 0.15) is 0 Å². The first-order chi connectivity index (χ1) is 15.0. The maximum atomic E-state index is 13.2. The molecular weight excluding hydrogens is 404 g/mol. The predicted octanol–water partition coefficient (Wildman–Crippen LogP) is 5.44. The molecule has 0 atom stereocenters. The zero-order valence-electron chi connectivity index (χ0n) is 17.8. The highest BCUT2D eigenvalue weighted by Crippen LogP contribution is 2.27. The molecular formula is C26H26N2O2S. The van der Waals surface area contributed by atoms with E-state index in [2.05, 4.69) is 36.3 Å². The van der Waals surface area contributed by atoms with Crippen LogP contribution in [0.2, 0.25) is 0 Å². The zero-order valence-corrected chi connectivity index (χ0v) is 18.6. The molecule has 1 aliphatic heterocycles. The van der Waals surface area contributed by atoms with Crippen molar-refractivity contribution in [3.63, 3.8) is 0 Å². The molecule has 0 fully saturated rings. The van der Waals surface area contributed by atoms with Gasteiger partial charge in [-0.05, 0) is 42.7 Å². The van der Waals surface area contributed by atoms with Gasteiger partial charge >= 0.3 is 0 Å². The second-order valence-corrected chi connectivity index (χ2v) is 9.62. The highest BCUT2D eigenvalue weighted by atomic mass is 32.2. The third-order valence-corrected chi connectivity index (χ3v) is 6.96. The van der Waals surface area contributed by atoms with Gasteiger partial charge in [0.25, 0.3) is 10.0 Å². The van der Waals surface area contributed by atoms with Crippen LogP contribution in [0.4, 0.5) is 0 Å². The van der Waals surface area contributed by atoms with E-state index in [4.69, 9.17) is 0 Å². The maximum Gasteiger partial charge on any atom is 0.279 e. The van der Waals surface area contributed by atoms with E-state index in [1.165, 1.54) is 9.98 Å². The molecule has 5 heteroatoms. The van der Waals surface area contributed by atoms with Gasteiger partial charge in [0.15, 0.2) is 0 Å². The Kier molecular flexibility index (Phi) is 6.05. The van der Waals surface area contributed by atoms with E-state index < -0.39 is 10.0 Å². The molecule has 0 unspecified atom stereocenters. The van der Waals surface area contributed by atoms with E-state index in [0.717, 1.165) is 35.1 Å². The predicted molar refractivity (Wildman–Crippen MR) is 126 cm³/mol. The molecule has 0 saturated carbocycles. The standard InChI is InChI=1S/C26H26N2O2S/c1-3-7-21-12-14-22(15-13-21)18-24-19-28(27-26(24)23-8-5-4-6-9-23)31(29,30)25-16-10-20(2)11-17-25/h4-6,8-18H,3,7,19H2,1-2H3/b24-18+. The summed E-state index contributed by atoms with van der Waals surface area (Å²) in [5.41, 5.74) is 5.82. The summed E-state index contributed by atoms with van der Waals surface area (Å²) in [5, 5.41) is 4.55. The molecule has 0 N–H and O–H groups in total. The largest absolute Gasteiger partial charge is 0.279 e. The summed E-state index contributed by atoms with van der Waals surface area (Å²) in [7, 11) is -3.73. The summed E-state index contributed by atoms with van der Waals surface area (Å²) in [5.74, 6) is 0. The average molecular weight is 431 g/mol. The van der Waals surface area contributed by atoms with Gasteiger partial charge in [0, 0.05) is 11.1 Å². The van der Waals surface area contributed by atoms with Crippen LogP contribution in [0.1, 0.15) is 35.6 Å². The van der Waals surface area contributed by atoms with Gasteiger partial charge in [-0.3, -0.25) is 0 Å². The molecule has 0 aromatic heterocycles. The normalized spacial score (nSPS) is 15.4. The molecule has 0 radical (unpaired) electrons. The molecule has 3 aromatic carbocycles. The van der Waals surface area contributed by atoms with Crippen molar-refractivity contribution in [3.05, 3.63) is 107 Å². The number of rotatable bonds is 6. The minimum atomic E-state index is -3.73. The molecule has 31 heavy (non-hydrogen) atoms. The van der Waals surface area contributed by atoms with Crippen molar-refractivity contribution in [2.75, 3.05) is 6.54 Å². The highest BCUT2D eigenvalue weighted by Gasteiger charge is 2.31. The van der Waals surface area contributed by atoms with Crippen molar-refractivity contribution >= 4 is 21.8 Å². The Hall–Kier alpha value is -3.18. The molecule has 4 nitrogen and oxygen atoms in total. The second-order valence-electron chi connectivity index (χ2n) is 7.77. The van der Waals surface area contributed by atoms with Gasteiger partial charge in [0.05, 0.1) is 17.2 Å². The fourth-order valence-corrected chi connectivity index (χ4v) is 4.85. The van der Waals surface area contributed by atoms with Crippen LogP contribution in [-0.2, 0) is 16.4 Å². The van der Waals surface area contributed by atoms with Crippen molar-refractivity contribution < 1.29 is 8.42 Å². The van der Waals surface area contributed by atoms with Crippen LogP contribution < -0.4 is 0 Å². The number of hydrogen-bond donors (Lipinski definition) is 0. The minimum absolute atomic E-state index is 0.206. The van der Waals surface area contributed by atoms with Gasteiger partial charge in [0.2, 0.25) is 0 Å². The van der Waals surface area contributed by atoms with E-state index in [-0.39, 0.29) is 11.4 Å². The molecule has 0 spiro atoms. The zero-order chi connectivity index (χ0) is 21.8. The van der Waals surface area contributed by atoms with Crippen LogP contribution in [0.25, 0.3) is 6.08 Å². The first-order valence-corrected chi connectivity index (χ1v) is 11.9. The van der Waals surface area contributed by atoms with Gasteiger partial charge in [-0.2, -0.15) is 17.9 Å². The number of aryl methyl sites for hydroxylation is 2. The Labute approximate surface area is 184 Å². The summed E-state index contributed by atoms with van der Waals surface area (Å²) in [6.07, 6.45) is 4.19. The summed E-state index contributed by atoms with van der Waals surface area (Å²) in [6, 6.07) is 25.0. The lowest BCUT2D eigenvalue weighted by Crippen LogP contribution is -2.24. The third kappa shape index (κ3) is 4.62. The number of sulfonamides is 1. The fourth-order valence-electron chi connectivity index (χ4n) is 3.63. The SMILES string of the molecule is CCCc1ccc(/C=C2\CN(S(=O)(=O)c3ccc(C)cc3)N=C2c2ccccc2)cc1. The van der Waals surface area contributed by atoms with E-state index in [1.807, 2.05) is 43.3 Å². The summed E-state index contributed by atoms with van der Waals surface area (Å²) in [4.78, 5) is 0.249. The van der Waals surface area contributed by atoms with Gasteiger partial charge in [-0.15, -0.1) is 0 Å². The molecule has 0 amide bonds. The monoisotopic (exact) mass is 430 g/mol. The lowest BCUT2D eigenvalue weighted by atomic mass is 10.00. The Morgan fingerprint density at radius 3 is 2.26 bits per heavy atom. The van der Waals surface area contributed by atoms with E-state index in [1.54, 1.807) is 24.3 Å². The number of hydrazone groups is 1. The van der Waals surface area contributed by atoms with Crippen molar-refractivity contribution in [1.29, 1.82) is 0 Å². The fraction of sp³-hybridized carbons (Fsp3) is 0.192. The number of nitrogens with zero attached hydrogens (tertiary/aromatic N) is 2. The van der Waals surface area contributed by atoms with Crippen molar-refractivity contribution in [2.24, 2.45) is 5.10 Å². The van der Waals surface area contributed by atoms with Crippen molar-refractivity contribution in [1.82, 2.24) is 4.41 Å². The van der Waals surface area contributed by atoms with Crippen LogP contribution in [0.3, 0.4) is 0 Å². The first kappa shape index (κ1) is 21.1. The summed E-state index contributed by atoms with van der Waals surface area (Å²) >= 11 is 0. The Morgan fingerprint density at radius 1 is 0.935 bits per heavy atom. The van der Waals surface area contributed by atoms with Gasteiger partial charge in [-0.1, -0.05) is 85.6 Å². The summed E-state index contributed by atoms with van der Waals surface area (Å²) < 4.78 is 27.7. The molecule has 0 aliphatic carbocycles. The lowest BCUT2D eigenvalue weighted by molar-refractivity contribution is 0.473. The minimum Gasteiger partial charge on any atom is -0.200 e. The molecule has 1 heterocycles. The maximum absolute atomic E-state index is 13.2. The van der Waals surface area contributed by atoms with Gasteiger partial charge < -0.3 is 0 Å². The quantitative estimate of drug-likeness (QED) is 0.523. The van der Waals surface area contributed by atoms with E-state index >= 15 is 0 Å². The van der Waals surface area contributed by atoms with Crippen molar-refractivity contribution in [3.8, 4) is 0 Å². The van der Waals surface area contributed by atoms with Crippen LogP contribution in [0.5, 0.6) is 0 Å². The molecule has 4 rings (SSSR count). The van der Waals surface area contributed by atoms with Crippen LogP contribution in [-0.4, -0.2) is 25.1 Å². The smallest absolute Gasteiger partial charge is 0.200 e. The third-order valence-electron chi connectivity index (χ3n) is 5.32. The topological polar surface area (TPSA) is 49.7 Å². The first-order valence-electron chi connectivity index (χ1n) is 10.5. The highest BCUT2D eigenvalue weighted by molar-refractivity contribution is 7.89. The van der Waals surface area contributed by atoms with Crippen LogP contribution >= 0.6 is 0 Å². The van der Waals surface area contributed by atoms with Gasteiger partial charge in [-0.25, -0.2) is 0 Å². The Bertz CT molecular complexity index is 1210.